The van der Waals surface area contributed by atoms with Gasteiger partial charge in [0.25, 0.3) is 5.91 Å². The summed E-state index contributed by atoms with van der Waals surface area (Å²) in [5.41, 5.74) is 0.641. The number of hydrogen-bond acceptors (Lipinski definition) is 5. The van der Waals surface area contributed by atoms with Gasteiger partial charge >= 0.3 is 0 Å². The Kier molecular flexibility index (Phi) is 3.18. The Hall–Kier alpha value is -0.720. The molecule has 0 radical (unpaired) electrons. The van der Waals surface area contributed by atoms with Crippen molar-refractivity contribution in [3.63, 3.8) is 0 Å². The van der Waals surface area contributed by atoms with Crippen LogP contribution in [0.5, 0.6) is 0 Å². The molecule has 2 heterocycles. The molecule has 5 nitrogen and oxygen atoms in total. The number of carbonyl (C=O) groups is 1. The average molecular weight is 248 g/mol. The van der Waals surface area contributed by atoms with E-state index >= 15 is 0 Å². The van der Waals surface area contributed by atoms with Gasteiger partial charge in [0, 0.05) is 0 Å². The molecular formula is C8H10ClN3O2S. The van der Waals surface area contributed by atoms with Gasteiger partial charge < -0.3 is 10.1 Å². The molecule has 2 rings (SSSR count). The minimum atomic E-state index is -0.177. The molecule has 15 heavy (non-hydrogen) atoms. The molecule has 1 aliphatic heterocycles. The fraction of sp³-hybridized carbons (Fsp3) is 0.625. The van der Waals surface area contributed by atoms with Crippen molar-refractivity contribution < 1.29 is 9.53 Å². The van der Waals surface area contributed by atoms with E-state index in [1.165, 1.54) is 0 Å². The van der Waals surface area contributed by atoms with Crippen LogP contribution in [-0.2, 0) is 4.74 Å². The lowest BCUT2D eigenvalue weighted by atomic mass is 10.2. The molecule has 1 N–H and O–H groups in total. The molecule has 82 valence electrons. The minimum absolute atomic E-state index is 0.124. The first-order valence-corrected chi connectivity index (χ1v) is 5.71. The molecule has 7 heteroatoms. The van der Waals surface area contributed by atoms with Gasteiger partial charge in [-0.15, -0.1) is 16.7 Å². The molecule has 1 aliphatic rings. The van der Waals surface area contributed by atoms with Gasteiger partial charge in [0.2, 0.25) is 0 Å². The second-order valence-corrected chi connectivity index (χ2v) is 4.64. The number of nitrogens with one attached hydrogen (secondary N) is 1. The van der Waals surface area contributed by atoms with E-state index in [9.17, 15) is 4.79 Å². The van der Waals surface area contributed by atoms with Gasteiger partial charge in [-0.1, -0.05) is 4.49 Å². The van der Waals surface area contributed by atoms with Crippen molar-refractivity contribution in [3.05, 3.63) is 10.6 Å². The zero-order valence-corrected chi connectivity index (χ0v) is 9.64. The maximum absolute atomic E-state index is 11.7. The number of aryl methyl sites for hydroxylation is 1. The lowest BCUT2D eigenvalue weighted by Crippen LogP contribution is -2.40. The van der Waals surface area contributed by atoms with Crippen molar-refractivity contribution in [2.45, 2.75) is 18.3 Å². The zero-order valence-electron chi connectivity index (χ0n) is 8.07. The SMILES string of the molecule is Cc1nnsc1C(=O)NC1COCC1Cl. The number of carbonyl (C=O) groups excluding carboxylic acids is 1. The average Bonchev–Trinajstić information content (AvgIpc) is 2.76. The van der Waals surface area contributed by atoms with E-state index in [1.54, 1.807) is 6.92 Å². The molecule has 1 fully saturated rings. The third-order valence-corrected chi connectivity index (χ3v) is 3.44. The van der Waals surface area contributed by atoms with Crippen LogP contribution in [0.3, 0.4) is 0 Å². The largest absolute Gasteiger partial charge is 0.378 e. The predicted molar refractivity (Wildman–Crippen MR) is 56.4 cm³/mol. The minimum Gasteiger partial charge on any atom is -0.378 e. The number of hydrogen-bond donors (Lipinski definition) is 1. The molecule has 0 aromatic carbocycles. The van der Waals surface area contributed by atoms with E-state index < -0.39 is 0 Å². The van der Waals surface area contributed by atoms with Crippen molar-refractivity contribution in [3.8, 4) is 0 Å². The number of aromatic nitrogens is 2. The standard InChI is InChI=1S/C8H10ClN3O2S/c1-4-7(15-12-11-4)8(13)10-6-3-14-2-5(6)9/h5-6H,2-3H2,1H3,(H,10,13). The zero-order chi connectivity index (χ0) is 10.8. The quantitative estimate of drug-likeness (QED) is 0.777. The molecule has 2 unspecified atom stereocenters. The highest BCUT2D eigenvalue weighted by Gasteiger charge is 2.28. The summed E-state index contributed by atoms with van der Waals surface area (Å²) in [5.74, 6) is -0.177. The van der Waals surface area contributed by atoms with E-state index in [2.05, 4.69) is 14.9 Å². The Bertz CT molecular complexity index is 371. The Balaban J connectivity index is 2.01. The molecular weight excluding hydrogens is 238 g/mol. The van der Waals surface area contributed by atoms with Crippen LogP contribution in [0, 0.1) is 6.92 Å². The van der Waals surface area contributed by atoms with Gasteiger partial charge in [-0.05, 0) is 18.5 Å². The summed E-state index contributed by atoms with van der Waals surface area (Å²) in [5, 5.41) is 6.42. The molecule has 0 spiro atoms. The second kappa shape index (κ2) is 4.42. The summed E-state index contributed by atoms with van der Waals surface area (Å²) < 4.78 is 8.85. The van der Waals surface area contributed by atoms with E-state index in [0.29, 0.717) is 23.8 Å². The summed E-state index contributed by atoms with van der Waals surface area (Å²) in [6, 6.07) is -0.124. The topological polar surface area (TPSA) is 64.1 Å². The monoisotopic (exact) mass is 247 g/mol. The van der Waals surface area contributed by atoms with Crippen molar-refractivity contribution in [1.29, 1.82) is 0 Å². The number of alkyl halides is 1. The number of halogens is 1. The maximum Gasteiger partial charge on any atom is 0.265 e. The summed E-state index contributed by atoms with van der Waals surface area (Å²) in [4.78, 5) is 12.3. The number of nitrogens with zero attached hydrogens (tertiary/aromatic N) is 2. The van der Waals surface area contributed by atoms with Crippen molar-refractivity contribution in [2.24, 2.45) is 0 Å². The first-order chi connectivity index (χ1) is 7.18. The first-order valence-electron chi connectivity index (χ1n) is 4.50. The van der Waals surface area contributed by atoms with Crippen LogP contribution in [0.25, 0.3) is 0 Å². The molecule has 1 aromatic heterocycles. The van der Waals surface area contributed by atoms with Crippen molar-refractivity contribution in [1.82, 2.24) is 14.9 Å². The number of ether oxygens (including phenoxy) is 1. The highest BCUT2D eigenvalue weighted by atomic mass is 35.5. The fourth-order valence-electron chi connectivity index (χ4n) is 1.33. The van der Waals surface area contributed by atoms with E-state index in [-0.39, 0.29) is 17.3 Å². The fourth-order valence-corrected chi connectivity index (χ4v) is 2.12. The van der Waals surface area contributed by atoms with Crippen LogP contribution >= 0.6 is 23.1 Å². The Morgan fingerprint density at radius 1 is 1.67 bits per heavy atom. The van der Waals surface area contributed by atoms with Gasteiger partial charge in [0.05, 0.1) is 30.3 Å². The molecule has 1 amide bonds. The summed E-state index contributed by atoms with van der Waals surface area (Å²) in [6.45, 7) is 2.69. The highest BCUT2D eigenvalue weighted by Crippen LogP contribution is 2.14. The lowest BCUT2D eigenvalue weighted by molar-refractivity contribution is 0.0933. The van der Waals surface area contributed by atoms with Crippen LogP contribution in [-0.4, -0.2) is 40.1 Å². The van der Waals surface area contributed by atoms with Gasteiger partial charge in [-0.25, -0.2) is 0 Å². The third kappa shape index (κ3) is 2.27. The van der Waals surface area contributed by atoms with Gasteiger partial charge in [-0.3, -0.25) is 4.79 Å². The summed E-state index contributed by atoms with van der Waals surface area (Å²) in [7, 11) is 0. The first kappa shape index (κ1) is 10.8. The Morgan fingerprint density at radius 2 is 2.47 bits per heavy atom. The number of rotatable bonds is 2. The van der Waals surface area contributed by atoms with E-state index in [1.807, 2.05) is 0 Å². The maximum atomic E-state index is 11.7. The molecule has 0 saturated carbocycles. The number of amides is 1. The van der Waals surface area contributed by atoms with Crippen LogP contribution in [0.4, 0.5) is 0 Å². The Morgan fingerprint density at radius 3 is 3.00 bits per heavy atom. The van der Waals surface area contributed by atoms with Gasteiger partial charge in [-0.2, -0.15) is 0 Å². The van der Waals surface area contributed by atoms with Gasteiger partial charge in [0.1, 0.15) is 4.88 Å². The van der Waals surface area contributed by atoms with Crippen LogP contribution in [0.2, 0.25) is 0 Å². The molecule has 2 atom stereocenters. The lowest BCUT2D eigenvalue weighted by Gasteiger charge is -2.12. The van der Waals surface area contributed by atoms with E-state index in [4.69, 9.17) is 16.3 Å². The third-order valence-electron chi connectivity index (χ3n) is 2.19. The van der Waals surface area contributed by atoms with Crippen LogP contribution in [0.15, 0.2) is 0 Å². The molecule has 1 saturated heterocycles. The van der Waals surface area contributed by atoms with Crippen LogP contribution < -0.4 is 5.32 Å². The van der Waals surface area contributed by atoms with Crippen LogP contribution in [0.1, 0.15) is 15.4 Å². The smallest absolute Gasteiger partial charge is 0.265 e. The molecule has 1 aromatic rings. The molecule has 0 bridgehead atoms. The Labute approximate surface area is 95.9 Å². The van der Waals surface area contributed by atoms with Crippen molar-refractivity contribution >= 4 is 29.0 Å². The van der Waals surface area contributed by atoms with Gasteiger partial charge in [0.15, 0.2) is 0 Å². The molecule has 0 aliphatic carbocycles. The summed E-state index contributed by atoms with van der Waals surface area (Å²) >= 11 is 7.04. The second-order valence-electron chi connectivity index (χ2n) is 3.32. The normalized spacial score (nSPS) is 25.5. The summed E-state index contributed by atoms with van der Waals surface area (Å²) in [6.07, 6.45) is 0. The highest BCUT2D eigenvalue weighted by molar-refractivity contribution is 7.08. The van der Waals surface area contributed by atoms with E-state index in [0.717, 1.165) is 11.5 Å². The predicted octanol–water partition coefficient (Wildman–Crippen LogP) is 0.583. The van der Waals surface area contributed by atoms with Crippen molar-refractivity contribution in [2.75, 3.05) is 13.2 Å².